The number of aryl methyl sites for hydroxylation is 1. The van der Waals surface area contributed by atoms with Gasteiger partial charge in [0.25, 0.3) is 0 Å². The van der Waals surface area contributed by atoms with Crippen LogP contribution in [0.15, 0.2) is 35.0 Å². The van der Waals surface area contributed by atoms with Gasteiger partial charge in [0.05, 0.1) is 5.69 Å². The lowest BCUT2D eigenvalue weighted by molar-refractivity contribution is 0.0691. The maximum atomic E-state index is 10.9. The van der Waals surface area contributed by atoms with Gasteiger partial charge in [-0.15, -0.1) is 0 Å². The molecule has 3 rings (SSSR count). The summed E-state index contributed by atoms with van der Waals surface area (Å²) in [5.74, 6) is 0.684. The lowest BCUT2D eigenvalue weighted by Gasteiger charge is -2.00. The van der Waals surface area contributed by atoms with E-state index in [1.165, 1.54) is 6.20 Å². The van der Waals surface area contributed by atoms with E-state index in [1.807, 2.05) is 19.1 Å². The number of aromatic carboxylic acids is 1. The summed E-state index contributed by atoms with van der Waals surface area (Å²) < 4.78 is 7.12. The quantitative estimate of drug-likeness (QED) is 0.744. The molecule has 0 aliphatic rings. The molecule has 0 aliphatic carbocycles. The standard InChI is InChI=1S/C12H9N3O3/c1-7-2-3-10(18-7)9-4-5-13-12-14-8(11(16)17)6-15(9)12/h2-6H,1H3,(H,16,17). The van der Waals surface area contributed by atoms with Crippen LogP contribution in [0.2, 0.25) is 0 Å². The minimum Gasteiger partial charge on any atom is -0.476 e. The van der Waals surface area contributed by atoms with Gasteiger partial charge in [0.2, 0.25) is 5.78 Å². The van der Waals surface area contributed by atoms with E-state index in [9.17, 15) is 4.79 Å². The predicted molar refractivity (Wildman–Crippen MR) is 62.4 cm³/mol. The first kappa shape index (κ1) is 10.5. The van der Waals surface area contributed by atoms with Crippen LogP contribution in [-0.4, -0.2) is 25.4 Å². The molecule has 6 nitrogen and oxygen atoms in total. The Morgan fingerprint density at radius 1 is 1.39 bits per heavy atom. The molecule has 3 aromatic rings. The van der Waals surface area contributed by atoms with E-state index in [0.29, 0.717) is 17.2 Å². The molecule has 3 heterocycles. The highest BCUT2D eigenvalue weighted by molar-refractivity contribution is 5.86. The first-order valence-corrected chi connectivity index (χ1v) is 5.29. The lowest BCUT2D eigenvalue weighted by atomic mass is 10.3. The number of carbonyl (C=O) groups is 1. The average molecular weight is 243 g/mol. The monoisotopic (exact) mass is 243 g/mol. The van der Waals surface area contributed by atoms with Crippen molar-refractivity contribution in [3.8, 4) is 11.5 Å². The van der Waals surface area contributed by atoms with Gasteiger partial charge in [-0.05, 0) is 25.1 Å². The number of nitrogens with zero attached hydrogens (tertiary/aromatic N) is 3. The molecule has 0 bridgehead atoms. The molecule has 90 valence electrons. The minimum atomic E-state index is -1.08. The molecule has 1 N–H and O–H groups in total. The first-order valence-electron chi connectivity index (χ1n) is 5.29. The molecule has 3 aromatic heterocycles. The molecule has 0 aliphatic heterocycles. The normalized spacial score (nSPS) is 10.9. The number of carboxylic acid groups (broad SMARTS) is 1. The molecule has 0 radical (unpaired) electrons. The molecule has 0 fully saturated rings. The fraction of sp³-hybridized carbons (Fsp3) is 0.0833. The number of rotatable bonds is 2. The Morgan fingerprint density at radius 3 is 2.89 bits per heavy atom. The molecule has 0 aromatic carbocycles. The van der Waals surface area contributed by atoms with E-state index in [1.54, 1.807) is 16.7 Å². The summed E-state index contributed by atoms with van der Waals surface area (Å²) in [5, 5.41) is 8.92. The Balaban J connectivity index is 2.26. The third kappa shape index (κ3) is 1.55. The number of hydrogen-bond donors (Lipinski definition) is 1. The lowest BCUT2D eigenvalue weighted by Crippen LogP contribution is -1.95. The van der Waals surface area contributed by atoms with E-state index in [-0.39, 0.29) is 5.69 Å². The second-order valence-electron chi connectivity index (χ2n) is 3.84. The molecule has 0 spiro atoms. The van der Waals surface area contributed by atoms with Gasteiger partial charge >= 0.3 is 5.97 Å². The van der Waals surface area contributed by atoms with Crippen LogP contribution in [-0.2, 0) is 0 Å². The van der Waals surface area contributed by atoms with Crippen molar-refractivity contribution in [3.63, 3.8) is 0 Å². The predicted octanol–water partition coefficient (Wildman–Crippen LogP) is 2.00. The largest absolute Gasteiger partial charge is 0.476 e. The van der Waals surface area contributed by atoms with Gasteiger partial charge in [0.1, 0.15) is 5.76 Å². The molecule has 18 heavy (non-hydrogen) atoms. The summed E-state index contributed by atoms with van der Waals surface area (Å²) in [4.78, 5) is 18.8. The third-order valence-electron chi connectivity index (χ3n) is 2.58. The fourth-order valence-electron chi connectivity index (χ4n) is 1.77. The van der Waals surface area contributed by atoms with Crippen LogP contribution >= 0.6 is 0 Å². The summed E-state index contributed by atoms with van der Waals surface area (Å²) in [6.07, 6.45) is 3.00. The fourth-order valence-corrected chi connectivity index (χ4v) is 1.77. The van der Waals surface area contributed by atoms with Gasteiger partial charge in [-0.2, -0.15) is 0 Å². The topological polar surface area (TPSA) is 80.6 Å². The van der Waals surface area contributed by atoms with Crippen molar-refractivity contribution in [3.05, 3.63) is 42.0 Å². The summed E-state index contributed by atoms with van der Waals surface area (Å²) in [7, 11) is 0. The highest BCUT2D eigenvalue weighted by atomic mass is 16.4. The molecule has 0 atom stereocenters. The van der Waals surface area contributed by atoms with Crippen LogP contribution in [0, 0.1) is 6.92 Å². The van der Waals surface area contributed by atoms with Gasteiger partial charge in [-0.25, -0.2) is 14.8 Å². The number of aromatic nitrogens is 3. The summed E-state index contributed by atoms with van der Waals surface area (Å²) in [5.41, 5.74) is 0.673. The molecular weight excluding hydrogens is 234 g/mol. The Hall–Kier alpha value is -2.63. The maximum absolute atomic E-state index is 10.9. The SMILES string of the molecule is Cc1ccc(-c2ccnc3nc(C(=O)O)cn23)o1. The second kappa shape index (κ2) is 3.69. The molecule has 0 amide bonds. The van der Waals surface area contributed by atoms with E-state index in [4.69, 9.17) is 9.52 Å². The number of carboxylic acids is 1. The van der Waals surface area contributed by atoms with Gasteiger partial charge in [-0.1, -0.05) is 0 Å². The van der Waals surface area contributed by atoms with Crippen molar-refractivity contribution in [2.24, 2.45) is 0 Å². The summed E-state index contributed by atoms with van der Waals surface area (Å²) in [6, 6.07) is 5.42. The van der Waals surface area contributed by atoms with E-state index < -0.39 is 5.97 Å². The van der Waals surface area contributed by atoms with Gasteiger partial charge in [0, 0.05) is 12.4 Å². The van der Waals surface area contributed by atoms with Crippen LogP contribution < -0.4 is 0 Å². The zero-order valence-electron chi connectivity index (χ0n) is 9.49. The van der Waals surface area contributed by atoms with Crippen molar-refractivity contribution < 1.29 is 14.3 Å². The van der Waals surface area contributed by atoms with Crippen LogP contribution in [0.1, 0.15) is 16.2 Å². The molecule has 0 saturated heterocycles. The number of imidazole rings is 1. The Morgan fingerprint density at radius 2 is 2.22 bits per heavy atom. The van der Waals surface area contributed by atoms with Crippen molar-refractivity contribution in [2.75, 3.05) is 0 Å². The zero-order valence-corrected chi connectivity index (χ0v) is 9.49. The Kier molecular flexibility index (Phi) is 2.16. The van der Waals surface area contributed by atoms with Crippen LogP contribution in [0.25, 0.3) is 17.2 Å². The van der Waals surface area contributed by atoms with Crippen LogP contribution in [0.5, 0.6) is 0 Å². The molecule has 0 unspecified atom stereocenters. The summed E-state index contributed by atoms with van der Waals surface area (Å²) >= 11 is 0. The summed E-state index contributed by atoms with van der Waals surface area (Å²) in [6.45, 7) is 1.85. The molecule has 0 saturated carbocycles. The van der Waals surface area contributed by atoms with E-state index >= 15 is 0 Å². The average Bonchev–Trinajstić information content (AvgIpc) is 2.94. The van der Waals surface area contributed by atoms with Crippen molar-refractivity contribution in [1.29, 1.82) is 0 Å². The number of hydrogen-bond acceptors (Lipinski definition) is 4. The van der Waals surface area contributed by atoms with Crippen molar-refractivity contribution >= 4 is 11.7 Å². The van der Waals surface area contributed by atoms with Gasteiger partial charge in [0.15, 0.2) is 11.5 Å². The van der Waals surface area contributed by atoms with Crippen molar-refractivity contribution in [2.45, 2.75) is 6.92 Å². The van der Waals surface area contributed by atoms with Crippen molar-refractivity contribution in [1.82, 2.24) is 14.4 Å². The highest BCUT2D eigenvalue weighted by Crippen LogP contribution is 2.22. The van der Waals surface area contributed by atoms with Crippen LogP contribution in [0.4, 0.5) is 0 Å². The highest BCUT2D eigenvalue weighted by Gasteiger charge is 2.13. The Labute approximate surface area is 102 Å². The second-order valence-corrected chi connectivity index (χ2v) is 3.84. The van der Waals surface area contributed by atoms with E-state index in [0.717, 1.165) is 5.76 Å². The smallest absolute Gasteiger partial charge is 0.356 e. The maximum Gasteiger partial charge on any atom is 0.356 e. The Bertz CT molecular complexity index is 742. The van der Waals surface area contributed by atoms with Gasteiger partial charge < -0.3 is 9.52 Å². The van der Waals surface area contributed by atoms with Crippen LogP contribution in [0.3, 0.4) is 0 Å². The van der Waals surface area contributed by atoms with Gasteiger partial charge in [-0.3, -0.25) is 4.40 Å². The number of fused-ring (bicyclic) bond motifs is 1. The number of furan rings is 1. The minimum absolute atomic E-state index is 0.0433. The van der Waals surface area contributed by atoms with E-state index in [2.05, 4.69) is 9.97 Å². The molecule has 6 heteroatoms. The zero-order chi connectivity index (χ0) is 12.7. The first-order chi connectivity index (χ1) is 8.65. The molecular formula is C12H9N3O3. The third-order valence-corrected chi connectivity index (χ3v) is 2.58.